The number of nitrogens with zero attached hydrogens (tertiary/aromatic N) is 3. The first-order valence-corrected chi connectivity index (χ1v) is 11.3. The highest BCUT2D eigenvalue weighted by molar-refractivity contribution is 7.22. The number of benzene rings is 1. The minimum Gasteiger partial charge on any atom is -0.495 e. The number of ether oxygens (including phenoxy) is 1. The second kappa shape index (κ2) is 7.85. The summed E-state index contributed by atoms with van der Waals surface area (Å²) in [5.41, 5.74) is 9.43. The van der Waals surface area contributed by atoms with Crippen molar-refractivity contribution in [3.05, 3.63) is 36.3 Å². The Kier molecular flexibility index (Phi) is 5.02. The maximum absolute atomic E-state index is 10.8. The van der Waals surface area contributed by atoms with Gasteiger partial charge in [-0.3, -0.25) is 4.79 Å². The van der Waals surface area contributed by atoms with Crippen LogP contribution < -0.4 is 15.8 Å². The number of rotatable bonds is 5. The molecule has 0 spiro atoms. The van der Waals surface area contributed by atoms with Gasteiger partial charge < -0.3 is 20.4 Å². The van der Waals surface area contributed by atoms with Crippen LogP contribution in [-0.2, 0) is 4.79 Å². The summed E-state index contributed by atoms with van der Waals surface area (Å²) in [6.07, 6.45) is 8.40. The van der Waals surface area contributed by atoms with Gasteiger partial charge in [0.25, 0.3) is 0 Å². The van der Waals surface area contributed by atoms with E-state index in [0.29, 0.717) is 11.9 Å². The van der Waals surface area contributed by atoms with Crippen LogP contribution >= 0.6 is 11.3 Å². The van der Waals surface area contributed by atoms with Crippen molar-refractivity contribution in [2.75, 3.05) is 12.8 Å². The highest BCUT2D eigenvalue weighted by atomic mass is 32.1. The Bertz CT molecular complexity index is 1270. The van der Waals surface area contributed by atoms with E-state index in [-0.39, 0.29) is 6.04 Å². The van der Waals surface area contributed by atoms with E-state index in [0.717, 1.165) is 69.4 Å². The van der Waals surface area contributed by atoms with Crippen LogP contribution in [0.25, 0.3) is 31.6 Å². The number of hydrogen-bond donors (Lipinski definition) is 2. The zero-order valence-corrected chi connectivity index (χ0v) is 18.4. The summed E-state index contributed by atoms with van der Waals surface area (Å²) in [6.45, 7) is 2.08. The summed E-state index contributed by atoms with van der Waals surface area (Å²) in [6, 6.07) is 7.02. The van der Waals surface area contributed by atoms with Crippen LogP contribution in [0.5, 0.6) is 5.75 Å². The van der Waals surface area contributed by atoms with Crippen LogP contribution in [0.15, 0.2) is 30.7 Å². The van der Waals surface area contributed by atoms with Crippen molar-refractivity contribution in [3.8, 4) is 16.2 Å². The van der Waals surface area contributed by atoms with Gasteiger partial charge in [-0.1, -0.05) is 6.07 Å². The van der Waals surface area contributed by atoms with Crippen molar-refractivity contribution in [1.29, 1.82) is 0 Å². The fourth-order valence-electron chi connectivity index (χ4n) is 4.74. The second-order valence-electron chi connectivity index (χ2n) is 8.19. The van der Waals surface area contributed by atoms with E-state index in [1.165, 1.54) is 11.9 Å². The molecule has 3 heterocycles. The van der Waals surface area contributed by atoms with Gasteiger partial charge in [0.15, 0.2) is 0 Å². The summed E-state index contributed by atoms with van der Waals surface area (Å²) < 4.78 is 9.01. The Hall–Kier alpha value is -3.13. The molecule has 1 fully saturated rings. The summed E-state index contributed by atoms with van der Waals surface area (Å²) >= 11 is 1.70. The molecule has 0 saturated heterocycles. The van der Waals surface area contributed by atoms with Crippen molar-refractivity contribution in [2.24, 2.45) is 0 Å². The van der Waals surface area contributed by atoms with Gasteiger partial charge in [0.1, 0.15) is 23.5 Å². The largest absolute Gasteiger partial charge is 0.495 e. The molecule has 1 aliphatic rings. The number of fused-ring (bicyclic) bond motifs is 2. The van der Waals surface area contributed by atoms with Crippen LogP contribution in [0, 0.1) is 6.92 Å². The minimum absolute atomic E-state index is 0.257. The summed E-state index contributed by atoms with van der Waals surface area (Å²) in [4.78, 5) is 20.8. The number of aryl methyl sites for hydroxylation is 1. The van der Waals surface area contributed by atoms with Gasteiger partial charge in [0.2, 0.25) is 6.41 Å². The molecule has 160 valence electrons. The Labute approximate surface area is 184 Å². The highest BCUT2D eigenvalue weighted by Crippen LogP contribution is 2.44. The van der Waals surface area contributed by atoms with Crippen LogP contribution in [0.2, 0.25) is 0 Å². The number of amides is 1. The molecule has 0 bridgehead atoms. The lowest BCUT2D eigenvalue weighted by Crippen LogP contribution is -2.32. The molecule has 7 nitrogen and oxygen atoms in total. The predicted molar refractivity (Wildman–Crippen MR) is 125 cm³/mol. The van der Waals surface area contributed by atoms with E-state index in [9.17, 15) is 4.79 Å². The van der Waals surface area contributed by atoms with E-state index >= 15 is 0 Å². The number of carbonyl (C=O) groups is 1. The third-order valence-corrected chi connectivity index (χ3v) is 7.44. The molecule has 1 aliphatic carbocycles. The SMILES string of the molecule is COc1cc(C)cc2cc(-c3cn(C4CCC(NC=O)CC4)c4ncnc(N)c34)sc12. The number of nitrogens with two attached hydrogens (primary N) is 1. The highest BCUT2D eigenvalue weighted by Gasteiger charge is 2.26. The molecule has 1 amide bonds. The van der Waals surface area contributed by atoms with Gasteiger partial charge in [-0.25, -0.2) is 9.97 Å². The van der Waals surface area contributed by atoms with Gasteiger partial charge in [0.05, 0.1) is 17.2 Å². The first kappa shape index (κ1) is 19.8. The lowest BCUT2D eigenvalue weighted by Gasteiger charge is -2.29. The van der Waals surface area contributed by atoms with Gasteiger partial charge in [-0.2, -0.15) is 0 Å². The second-order valence-corrected chi connectivity index (χ2v) is 9.25. The normalized spacial score (nSPS) is 19.0. The predicted octanol–water partition coefficient (Wildman–Crippen LogP) is 4.44. The Morgan fingerprint density at radius 1 is 1.23 bits per heavy atom. The van der Waals surface area contributed by atoms with Crippen molar-refractivity contribution in [2.45, 2.75) is 44.7 Å². The number of carbonyl (C=O) groups excluding carboxylic acids is 1. The molecule has 0 aliphatic heterocycles. The number of nitrogen functional groups attached to an aromatic ring is 1. The molecule has 3 aromatic heterocycles. The first-order chi connectivity index (χ1) is 15.1. The van der Waals surface area contributed by atoms with Crippen LogP contribution in [-0.4, -0.2) is 34.1 Å². The Morgan fingerprint density at radius 3 is 2.77 bits per heavy atom. The summed E-state index contributed by atoms with van der Waals surface area (Å²) in [7, 11) is 1.71. The molecule has 0 radical (unpaired) electrons. The molecular weight excluding hydrogens is 410 g/mol. The van der Waals surface area contributed by atoms with E-state index < -0.39 is 0 Å². The number of methoxy groups -OCH3 is 1. The lowest BCUT2D eigenvalue weighted by atomic mass is 9.91. The van der Waals surface area contributed by atoms with Crippen molar-refractivity contribution in [3.63, 3.8) is 0 Å². The maximum Gasteiger partial charge on any atom is 0.207 e. The van der Waals surface area contributed by atoms with Crippen molar-refractivity contribution in [1.82, 2.24) is 19.9 Å². The number of hydrogen-bond acceptors (Lipinski definition) is 6. The van der Waals surface area contributed by atoms with Gasteiger partial charge in [0, 0.05) is 28.7 Å². The zero-order chi connectivity index (χ0) is 21.5. The summed E-state index contributed by atoms with van der Waals surface area (Å²) in [5.74, 6) is 1.39. The number of aromatic nitrogens is 3. The van der Waals surface area contributed by atoms with Crippen molar-refractivity contribution >= 4 is 44.7 Å². The average molecular weight is 436 g/mol. The molecule has 8 heteroatoms. The van der Waals surface area contributed by atoms with Crippen LogP contribution in [0.3, 0.4) is 0 Å². The van der Waals surface area contributed by atoms with E-state index in [2.05, 4.69) is 51.2 Å². The fourth-order valence-corrected chi connectivity index (χ4v) is 5.89. The van der Waals surface area contributed by atoms with Gasteiger partial charge >= 0.3 is 0 Å². The van der Waals surface area contributed by atoms with E-state index in [1.807, 2.05) is 0 Å². The summed E-state index contributed by atoms with van der Waals surface area (Å²) in [5, 5.41) is 4.98. The standard InChI is InChI=1S/C23H25N5O2S/c1-13-7-14-9-19(31-21(14)18(8-13)30-2)17-10-28(23-20(17)22(24)25-11-26-23)16-5-3-15(4-6-16)27-12-29/h7-12,15-16H,3-6H2,1-2H3,(H,27,29)(H2,24,25,26). The maximum atomic E-state index is 10.8. The fraction of sp³-hybridized carbons (Fsp3) is 0.348. The molecule has 0 atom stereocenters. The molecule has 5 rings (SSSR count). The van der Waals surface area contributed by atoms with Crippen LogP contribution in [0.4, 0.5) is 5.82 Å². The van der Waals surface area contributed by atoms with E-state index in [4.69, 9.17) is 10.5 Å². The molecule has 31 heavy (non-hydrogen) atoms. The van der Waals surface area contributed by atoms with E-state index in [1.54, 1.807) is 18.4 Å². The number of anilines is 1. The molecule has 0 unspecified atom stereocenters. The lowest BCUT2D eigenvalue weighted by molar-refractivity contribution is -0.110. The third kappa shape index (κ3) is 3.40. The molecule has 1 aromatic carbocycles. The average Bonchev–Trinajstić information content (AvgIpc) is 3.36. The quantitative estimate of drug-likeness (QED) is 0.452. The van der Waals surface area contributed by atoms with Gasteiger partial charge in [-0.05, 0) is 55.7 Å². The molecule has 1 saturated carbocycles. The van der Waals surface area contributed by atoms with Crippen molar-refractivity contribution < 1.29 is 9.53 Å². The Morgan fingerprint density at radius 2 is 2.03 bits per heavy atom. The zero-order valence-electron chi connectivity index (χ0n) is 17.6. The van der Waals surface area contributed by atoms with Gasteiger partial charge in [-0.15, -0.1) is 11.3 Å². The number of thiophene rings is 1. The minimum atomic E-state index is 0.257. The monoisotopic (exact) mass is 435 g/mol. The molecule has 3 N–H and O–H groups in total. The third-order valence-electron chi connectivity index (χ3n) is 6.24. The molecular formula is C23H25N5O2S. The van der Waals surface area contributed by atoms with Crippen LogP contribution in [0.1, 0.15) is 37.3 Å². The topological polar surface area (TPSA) is 95.1 Å². The molecule has 4 aromatic rings. The number of nitrogens with one attached hydrogen (secondary N) is 1. The Balaban J connectivity index is 1.62. The smallest absolute Gasteiger partial charge is 0.207 e. The first-order valence-electron chi connectivity index (χ1n) is 10.5.